The minimum atomic E-state index is 0.0918. The molecule has 1 heterocycles. The molecule has 0 bridgehead atoms. The lowest BCUT2D eigenvalue weighted by Crippen LogP contribution is -2.27. The number of hydrogen-bond donors (Lipinski definition) is 1. The predicted octanol–water partition coefficient (Wildman–Crippen LogP) is 1.26. The van der Waals surface area contributed by atoms with Crippen LogP contribution >= 0.6 is 0 Å². The first kappa shape index (κ1) is 12.6. The van der Waals surface area contributed by atoms with Gasteiger partial charge in [-0.3, -0.25) is 4.79 Å². The van der Waals surface area contributed by atoms with Crippen LogP contribution in [0.15, 0.2) is 24.3 Å². The molecule has 0 radical (unpaired) electrons. The summed E-state index contributed by atoms with van der Waals surface area (Å²) in [6.45, 7) is 1.95. The van der Waals surface area contributed by atoms with Crippen LogP contribution in [0, 0.1) is 17.2 Å². The maximum atomic E-state index is 12.1. The molecule has 1 atom stereocenters. The molecule has 18 heavy (non-hydrogen) atoms. The third kappa shape index (κ3) is 2.69. The lowest BCUT2D eigenvalue weighted by molar-refractivity contribution is -0.131. The number of benzene rings is 1. The highest BCUT2D eigenvalue weighted by atomic mass is 16.2. The molecular formula is C14H17N3O. The first-order valence-electron chi connectivity index (χ1n) is 6.22. The summed E-state index contributed by atoms with van der Waals surface area (Å²) in [6, 6.07) is 9.52. The highest BCUT2D eigenvalue weighted by Gasteiger charge is 2.30. The second-order valence-electron chi connectivity index (χ2n) is 4.63. The molecule has 4 nitrogen and oxygen atoms in total. The van der Waals surface area contributed by atoms with Gasteiger partial charge in [-0.2, -0.15) is 5.26 Å². The van der Waals surface area contributed by atoms with Gasteiger partial charge < -0.3 is 10.6 Å². The SMILES string of the molecule is N#Cc1cccc(CN2CC[C@H](CCN)C2=O)c1. The molecule has 2 rings (SSSR count). The summed E-state index contributed by atoms with van der Waals surface area (Å²) in [6.07, 6.45) is 1.67. The molecule has 0 saturated carbocycles. The monoisotopic (exact) mass is 243 g/mol. The van der Waals surface area contributed by atoms with E-state index >= 15 is 0 Å². The number of amides is 1. The van der Waals surface area contributed by atoms with Crippen molar-refractivity contribution in [3.63, 3.8) is 0 Å². The van der Waals surface area contributed by atoms with Gasteiger partial charge in [-0.25, -0.2) is 0 Å². The van der Waals surface area contributed by atoms with Crippen LogP contribution in [0.3, 0.4) is 0 Å². The number of carbonyl (C=O) groups is 1. The molecule has 1 amide bonds. The molecule has 0 spiro atoms. The van der Waals surface area contributed by atoms with Gasteiger partial charge in [0.25, 0.3) is 0 Å². The molecular weight excluding hydrogens is 226 g/mol. The van der Waals surface area contributed by atoms with Gasteiger partial charge >= 0.3 is 0 Å². The highest BCUT2D eigenvalue weighted by Crippen LogP contribution is 2.22. The number of likely N-dealkylation sites (tertiary alicyclic amines) is 1. The van der Waals surface area contributed by atoms with Gasteiger partial charge in [-0.15, -0.1) is 0 Å². The van der Waals surface area contributed by atoms with Crippen molar-refractivity contribution in [3.8, 4) is 6.07 Å². The first-order valence-corrected chi connectivity index (χ1v) is 6.22. The largest absolute Gasteiger partial charge is 0.338 e. The average molecular weight is 243 g/mol. The zero-order valence-corrected chi connectivity index (χ0v) is 10.3. The number of nitrogens with zero attached hydrogens (tertiary/aromatic N) is 2. The Morgan fingerprint density at radius 1 is 1.50 bits per heavy atom. The van der Waals surface area contributed by atoms with E-state index in [1.807, 2.05) is 23.1 Å². The number of hydrogen-bond acceptors (Lipinski definition) is 3. The number of nitrogens with two attached hydrogens (primary N) is 1. The van der Waals surface area contributed by atoms with Crippen molar-refractivity contribution in [1.82, 2.24) is 4.90 Å². The van der Waals surface area contributed by atoms with Crippen molar-refractivity contribution < 1.29 is 4.79 Å². The molecule has 2 N–H and O–H groups in total. The summed E-state index contributed by atoms with van der Waals surface area (Å²) in [5, 5.41) is 8.84. The maximum Gasteiger partial charge on any atom is 0.226 e. The Hall–Kier alpha value is -1.86. The van der Waals surface area contributed by atoms with Crippen molar-refractivity contribution in [2.45, 2.75) is 19.4 Å². The fourth-order valence-corrected chi connectivity index (χ4v) is 2.39. The van der Waals surface area contributed by atoms with Crippen LogP contribution in [0.1, 0.15) is 24.0 Å². The third-order valence-corrected chi connectivity index (χ3v) is 3.35. The maximum absolute atomic E-state index is 12.1. The van der Waals surface area contributed by atoms with E-state index in [4.69, 9.17) is 11.0 Å². The Kier molecular flexibility index (Phi) is 3.96. The van der Waals surface area contributed by atoms with Crippen LogP contribution in [-0.4, -0.2) is 23.9 Å². The minimum absolute atomic E-state index is 0.0918. The van der Waals surface area contributed by atoms with Crippen LogP contribution in [0.5, 0.6) is 0 Å². The molecule has 1 aromatic rings. The molecule has 0 aromatic heterocycles. The van der Waals surface area contributed by atoms with Gasteiger partial charge in [0.05, 0.1) is 11.6 Å². The molecule has 1 aliphatic heterocycles. The van der Waals surface area contributed by atoms with E-state index < -0.39 is 0 Å². The van der Waals surface area contributed by atoms with Crippen molar-refractivity contribution in [2.24, 2.45) is 11.7 Å². The molecule has 1 aliphatic rings. The second kappa shape index (κ2) is 5.65. The van der Waals surface area contributed by atoms with Crippen molar-refractivity contribution in [2.75, 3.05) is 13.1 Å². The summed E-state index contributed by atoms with van der Waals surface area (Å²) in [7, 11) is 0. The molecule has 0 unspecified atom stereocenters. The lowest BCUT2D eigenvalue weighted by atomic mass is 10.0. The minimum Gasteiger partial charge on any atom is -0.338 e. The smallest absolute Gasteiger partial charge is 0.226 e. The van der Waals surface area contributed by atoms with Crippen LogP contribution in [0.2, 0.25) is 0 Å². The van der Waals surface area contributed by atoms with E-state index in [-0.39, 0.29) is 11.8 Å². The quantitative estimate of drug-likeness (QED) is 0.865. The van der Waals surface area contributed by atoms with E-state index in [1.54, 1.807) is 6.07 Å². The van der Waals surface area contributed by atoms with Crippen LogP contribution in [-0.2, 0) is 11.3 Å². The van der Waals surface area contributed by atoms with E-state index in [0.29, 0.717) is 18.7 Å². The fourth-order valence-electron chi connectivity index (χ4n) is 2.39. The Morgan fingerprint density at radius 2 is 2.33 bits per heavy atom. The molecule has 1 fully saturated rings. The summed E-state index contributed by atoms with van der Waals surface area (Å²) in [5.41, 5.74) is 7.15. The molecule has 4 heteroatoms. The van der Waals surface area contributed by atoms with Crippen molar-refractivity contribution in [1.29, 1.82) is 5.26 Å². The van der Waals surface area contributed by atoms with Gasteiger partial charge in [-0.1, -0.05) is 12.1 Å². The average Bonchev–Trinajstić information content (AvgIpc) is 2.72. The Bertz CT molecular complexity index is 478. The summed E-state index contributed by atoms with van der Waals surface area (Å²) in [4.78, 5) is 13.9. The Morgan fingerprint density at radius 3 is 3.06 bits per heavy atom. The van der Waals surface area contributed by atoms with Gasteiger partial charge in [-0.05, 0) is 37.1 Å². The number of nitriles is 1. The van der Waals surface area contributed by atoms with E-state index in [9.17, 15) is 4.79 Å². The van der Waals surface area contributed by atoms with Gasteiger partial charge in [0.1, 0.15) is 0 Å². The van der Waals surface area contributed by atoms with Gasteiger partial charge in [0.2, 0.25) is 5.91 Å². The second-order valence-corrected chi connectivity index (χ2v) is 4.63. The highest BCUT2D eigenvalue weighted by molar-refractivity contribution is 5.80. The van der Waals surface area contributed by atoms with Crippen LogP contribution < -0.4 is 5.73 Å². The Labute approximate surface area is 107 Å². The number of carbonyl (C=O) groups excluding carboxylic acids is 1. The van der Waals surface area contributed by atoms with Crippen molar-refractivity contribution >= 4 is 5.91 Å². The molecule has 1 aromatic carbocycles. The Balaban J connectivity index is 2.02. The standard InChI is InChI=1S/C14H17N3O/c15-6-4-13-5-7-17(14(13)18)10-12-3-1-2-11(8-12)9-16/h1-3,8,13H,4-7,10,15H2/t13-/m0/s1. The topological polar surface area (TPSA) is 70.1 Å². The summed E-state index contributed by atoms with van der Waals surface area (Å²) >= 11 is 0. The molecule has 94 valence electrons. The van der Waals surface area contributed by atoms with Gasteiger partial charge in [0, 0.05) is 19.0 Å². The normalized spacial score (nSPS) is 19.0. The van der Waals surface area contributed by atoms with Crippen molar-refractivity contribution in [3.05, 3.63) is 35.4 Å². The zero-order chi connectivity index (χ0) is 13.0. The fraction of sp³-hybridized carbons (Fsp3) is 0.429. The lowest BCUT2D eigenvalue weighted by Gasteiger charge is -2.16. The third-order valence-electron chi connectivity index (χ3n) is 3.35. The molecule has 0 aliphatic carbocycles. The van der Waals surface area contributed by atoms with E-state index in [1.165, 1.54) is 0 Å². The van der Waals surface area contributed by atoms with Crippen LogP contribution in [0.4, 0.5) is 0 Å². The summed E-state index contributed by atoms with van der Waals surface area (Å²) in [5.74, 6) is 0.289. The predicted molar refractivity (Wildman–Crippen MR) is 68.4 cm³/mol. The van der Waals surface area contributed by atoms with E-state index in [2.05, 4.69) is 6.07 Å². The first-order chi connectivity index (χ1) is 8.74. The van der Waals surface area contributed by atoms with Crippen LogP contribution in [0.25, 0.3) is 0 Å². The van der Waals surface area contributed by atoms with E-state index in [0.717, 1.165) is 24.9 Å². The zero-order valence-electron chi connectivity index (χ0n) is 10.3. The number of rotatable bonds is 4. The van der Waals surface area contributed by atoms with Gasteiger partial charge in [0.15, 0.2) is 0 Å². The summed E-state index contributed by atoms with van der Waals surface area (Å²) < 4.78 is 0. The molecule has 1 saturated heterocycles.